The Morgan fingerprint density at radius 3 is 2.64 bits per heavy atom. The Morgan fingerprint density at radius 1 is 1.24 bits per heavy atom. The minimum Gasteiger partial charge on any atom is -0.468 e. The van der Waals surface area contributed by atoms with Gasteiger partial charge in [0.05, 0.1) is 25.0 Å². The first-order valence-corrected chi connectivity index (χ1v) is 8.87. The number of amides is 1. The number of carbonyl (C=O) groups excluding carboxylic acids is 1. The van der Waals surface area contributed by atoms with E-state index in [4.69, 9.17) is 4.42 Å². The third-order valence-corrected chi connectivity index (χ3v) is 4.70. The molecule has 1 amide bonds. The Balaban J connectivity index is 1.50. The lowest BCUT2D eigenvalue weighted by Crippen LogP contribution is -2.52. The second kappa shape index (κ2) is 7.84. The van der Waals surface area contributed by atoms with Gasteiger partial charge in [-0.05, 0) is 32.9 Å². The first-order chi connectivity index (χ1) is 12.0. The molecule has 25 heavy (non-hydrogen) atoms. The number of furan rings is 1. The van der Waals surface area contributed by atoms with E-state index in [9.17, 15) is 4.79 Å². The molecule has 136 valence electrons. The molecule has 1 unspecified atom stereocenters. The highest BCUT2D eigenvalue weighted by atomic mass is 16.3. The molecule has 1 fully saturated rings. The Morgan fingerprint density at radius 2 is 2.00 bits per heavy atom. The molecule has 0 spiro atoms. The summed E-state index contributed by atoms with van der Waals surface area (Å²) >= 11 is 0. The number of piperazine rings is 1. The van der Waals surface area contributed by atoms with Crippen LogP contribution in [-0.2, 0) is 11.3 Å². The highest BCUT2D eigenvalue weighted by Gasteiger charge is 2.26. The van der Waals surface area contributed by atoms with Gasteiger partial charge in [-0.15, -0.1) is 0 Å². The van der Waals surface area contributed by atoms with E-state index in [0.717, 1.165) is 44.3 Å². The molecular weight excluding hydrogens is 318 g/mol. The van der Waals surface area contributed by atoms with Crippen molar-refractivity contribution in [2.24, 2.45) is 0 Å². The van der Waals surface area contributed by atoms with Gasteiger partial charge in [0.25, 0.3) is 0 Å². The lowest BCUT2D eigenvalue weighted by Gasteiger charge is -2.37. The minimum absolute atomic E-state index is 0.0156. The lowest BCUT2D eigenvalue weighted by molar-refractivity contribution is -0.121. The molecule has 0 saturated carbocycles. The van der Waals surface area contributed by atoms with Crippen LogP contribution in [0.2, 0.25) is 0 Å². The number of anilines is 1. The van der Waals surface area contributed by atoms with E-state index in [0.29, 0.717) is 0 Å². The van der Waals surface area contributed by atoms with E-state index in [1.165, 1.54) is 0 Å². The summed E-state index contributed by atoms with van der Waals surface area (Å²) in [6.07, 6.45) is 3.42. The van der Waals surface area contributed by atoms with Crippen LogP contribution in [0.15, 0.2) is 35.1 Å². The van der Waals surface area contributed by atoms with E-state index in [1.807, 2.05) is 43.7 Å². The number of carbonyl (C=O) groups is 1. The molecule has 1 aliphatic heterocycles. The summed E-state index contributed by atoms with van der Waals surface area (Å²) in [6.45, 7) is 10.5. The average Bonchev–Trinajstić information content (AvgIpc) is 3.26. The minimum atomic E-state index is -0.165. The van der Waals surface area contributed by atoms with Crippen molar-refractivity contribution in [3.05, 3.63) is 36.4 Å². The van der Waals surface area contributed by atoms with Crippen molar-refractivity contribution in [2.75, 3.05) is 31.5 Å². The van der Waals surface area contributed by atoms with Crippen LogP contribution < -0.4 is 5.32 Å². The van der Waals surface area contributed by atoms with Gasteiger partial charge >= 0.3 is 0 Å². The van der Waals surface area contributed by atoms with Crippen LogP contribution in [0.3, 0.4) is 0 Å². The van der Waals surface area contributed by atoms with Crippen molar-refractivity contribution >= 4 is 11.7 Å². The molecule has 3 rings (SSSR count). The first-order valence-electron chi connectivity index (χ1n) is 8.87. The van der Waals surface area contributed by atoms with Gasteiger partial charge < -0.3 is 9.73 Å². The van der Waals surface area contributed by atoms with E-state index in [2.05, 4.69) is 20.2 Å². The van der Waals surface area contributed by atoms with Crippen LogP contribution in [0.5, 0.6) is 0 Å². The summed E-state index contributed by atoms with van der Waals surface area (Å²) in [5.41, 5.74) is 0. The van der Waals surface area contributed by atoms with Gasteiger partial charge in [-0.1, -0.05) is 0 Å². The van der Waals surface area contributed by atoms with Crippen LogP contribution >= 0.6 is 0 Å². The molecule has 0 bridgehead atoms. The first kappa shape index (κ1) is 17.7. The summed E-state index contributed by atoms with van der Waals surface area (Å²) in [6, 6.07) is 5.80. The van der Waals surface area contributed by atoms with Crippen molar-refractivity contribution in [3.63, 3.8) is 0 Å². The quantitative estimate of drug-likeness (QED) is 0.869. The van der Waals surface area contributed by atoms with E-state index >= 15 is 0 Å². The summed E-state index contributed by atoms with van der Waals surface area (Å²) in [5.74, 6) is 1.76. The number of hydrogen-bond acceptors (Lipinski definition) is 5. The predicted molar refractivity (Wildman–Crippen MR) is 96.3 cm³/mol. The Kier molecular flexibility index (Phi) is 5.55. The van der Waals surface area contributed by atoms with E-state index in [1.54, 1.807) is 12.5 Å². The predicted octanol–water partition coefficient (Wildman–Crippen LogP) is 2.20. The standard InChI is InChI=1S/C18H27N5O2/c1-14(2)23-17(6-7-19-23)20-18(24)15(3)22-10-8-21(9-11-22)13-16-5-4-12-25-16/h4-7,12,14-15H,8-11,13H2,1-3H3,(H,20,24). The zero-order chi connectivity index (χ0) is 17.8. The molecule has 2 aromatic heterocycles. The summed E-state index contributed by atoms with van der Waals surface area (Å²) < 4.78 is 7.24. The van der Waals surface area contributed by atoms with Crippen molar-refractivity contribution in [1.29, 1.82) is 0 Å². The van der Waals surface area contributed by atoms with E-state index in [-0.39, 0.29) is 18.0 Å². The topological polar surface area (TPSA) is 66.5 Å². The molecule has 7 nitrogen and oxygen atoms in total. The number of nitrogens with zero attached hydrogens (tertiary/aromatic N) is 4. The van der Waals surface area contributed by atoms with Crippen molar-refractivity contribution < 1.29 is 9.21 Å². The fourth-order valence-corrected chi connectivity index (χ4v) is 3.15. The van der Waals surface area contributed by atoms with Crippen LogP contribution in [0, 0.1) is 0 Å². The van der Waals surface area contributed by atoms with Gasteiger partial charge in [-0.25, -0.2) is 4.68 Å². The monoisotopic (exact) mass is 345 g/mol. The van der Waals surface area contributed by atoms with E-state index < -0.39 is 0 Å². The zero-order valence-electron chi connectivity index (χ0n) is 15.2. The average molecular weight is 345 g/mol. The maximum Gasteiger partial charge on any atom is 0.242 e. The second-order valence-electron chi connectivity index (χ2n) is 6.81. The summed E-state index contributed by atoms with van der Waals surface area (Å²) in [7, 11) is 0. The molecular formula is C18H27N5O2. The number of aromatic nitrogens is 2. The van der Waals surface area contributed by atoms with Crippen LogP contribution in [0.25, 0.3) is 0 Å². The van der Waals surface area contributed by atoms with Gasteiger partial charge in [0.2, 0.25) is 5.91 Å². The largest absolute Gasteiger partial charge is 0.468 e. The fourth-order valence-electron chi connectivity index (χ4n) is 3.15. The molecule has 0 aliphatic carbocycles. The Bertz CT molecular complexity index is 671. The van der Waals surface area contributed by atoms with Gasteiger partial charge in [0.1, 0.15) is 11.6 Å². The third kappa shape index (κ3) is 4.29. The van der Waals surface area contributed by atoms with Gasteiger partial charge in [0.15, 0.2) is 0 Å². The van der Waals surface area contributed by atoms with Crippen molar-refractivity contribution in [2.45, 2.75) is 39.4 Å². The Labute approximate surface area is 148 Å². The van der Waals surface area contributed by atoms with Crippen molar-refractivity contribution in [1.82, 2.24) is 19.6 Å². The molecule has 1 aliphatic rings. The SMILES string of the molecule is CC(C(=O)Nc1ccnn1C(C)C)N1CCN(Cc2ccco2)CC1. The molecule has 0 radical (unpaired) electrons. The van der Waals surface area contributed by atoms with Crippen LogP contribution in [0.1, 0.15) is 32.6 Å². The van der Waals surface area contributed by atoms with Crippen LogP contribution in [-0.4, -0.2) is 57.7 Å². The molecule has 2 aromatic rings. The number of rotatable bonds is 6. The van der Waals surface area contributed by atoms with Gasteiger partial charge in [0, 0.05) is 38.3 Å². The Hall–Kier alpha value is -2.12. The molecule has 1 saturated heterocycles. The maximum absolute atomic E-state index is 12.6. The normalized spacial score (nSPS) is 17.8. The van der Waals surface area contributed by atoms with Crippen LogP contribution in [0.4, 0.5) is 5.82 Å². The van der Waals surface area contributed by atoms with Crippen molar-refractivity contribution in [3.8, 4) is 0 Å². The summed E-state index contributed by atoms with van der Waals surface area (Å²) in [5, 5.41) is 7.27. The third-order valence-electron chi connectivity index (χ3n) is 4.70. The molecule has 1 atom stereocenters. The highest BCUT2D eigenvalue weighted by molar-refractivity contribution is 5.93. The molecule has 3 heterocycles. The fraction of sp³-hybridized carbons (Fsp3) is 0.556. The molecule has 0 aromatic carbocycles. The smallest absolute Gasteiger partial charge is 0.242 e. The van der Waals surface area contributed by atoms with Gasteiger partial charge in [-0.2, -0.15) is 5.10 Å². The molecule has 1 N–H and O–H groups in total. The zero-order valence-corrected chi connectivity index (χ0v) is 15.2. The number of nitrogens with one attached hydrogen (secondary N) is 1. The number of hydrogen-bond donors (Lipinski definition) is 1. The van der Waals surface area contributed by atoms with Gasteiger partial charge in [-0.3, -0.25) is 14.6 Å². The lowest BCUT2D eigenvalue weighted by atomic mass is 10.2. The maximum atomic E-state index is 12.6. The second-order valence-corrected chi connectivity index (χ2v) is 6.81. The molecule has 7 heteroatoms. The highest BCUT2D eigenvalue weighted by Crippen LogP contribution is 2.15. The summed E-state index contributed by atoms with van der Waals surface area (Å²) in [4.78, 5) is 17.2.